The number of rotatable bonds is 4. The number of carbonyl (C=O) groups excluding carboxylic acids is 1. The third-order valence-electron chi connectivity index (χ3n) is 4.41. The van der Waals surface area contributed by atoms with Gasteiger partial charge in [-0.3, -0.25) is 4.79 Å². The Morgan fingerprint density at radius 3 is 2.80 bits per heavy atom. The Labute approximate surface area is 143 Å². The maximum atomic E-state index is 13.9. The normalized spacial score (nSPS) is 17.4. The highest BCUT2D eigenvalue weighted by Gasteiger charge is 2.30. The predicted octanol–water partition coefficient (Wildman–Crippen LogP) is 1.98. The van der Waals surface area contributed by atoms with Gasteiger partial charge in [0.1, 0.15) is 0 Å². The molecular weight excluding hydrogens is 323 g/mol. The van der Waals surface area contributed by atoms with Gasteiger partial charge in [0.15, 0.2) is 17.0 Å². The van der Waals surface area contributed by atoms with Crippen LogP contribution in [0, 0.1) is 6.08 Å². The molecule has 3 aromatic rings. The molecule has 128 valence electrons. The summed E-state index contributed by atoms with van der Waals surface area (Å²) in [7, 11) is 1.75. The molecule has 1 atom stereocenters. The Balaban J connectivity index is 1.66. The van der Waals surface area contributed by atoms with Gasteiger partial charge < -0.3 is 14.8 Å². The van der Waals surface area contributed by atoms with Crippen molar-refractivity contribution in [3.05, 3.63) is 48.3 Å². The Hall–Kier alpha value is -3.03. The van der Waals surface area contributed by atoms with Gasteiger partial charge in [0.2, 0.25) is 5.91 Å². The lowest BCUT2D eigenvalue weighted by molar-refractivity contribution is -0.126. The van der Waals surface area contributed by atoms with Crippen molar-refractivity contribution in [2.24, 2.45) is 0 Å². The third-order valence-corrected chi connectivity index (χ3v) is 4.41. The van der Waals surface area contributed by atoms with E-state index < -0.39 is 6.08 Å². The lowest BCUT2D eigenvalue weighted by Gasteiger charge is -2.12. The van der Waals surface area contributed by atoms with Crippen LogP contribution in [0.3, 0.4) is 0 Å². The molecule has 0 saturated carbocycles. The van der Waals surface area contributed by atoms with Crippen LogP contribution in [0.2, 0.25) is 0 Å². The molecule has 1 fully saturated rings. The number of anilines is 1. The molecule has 25 heavy (non-hydrogen) atoms. The molecule has 4 rings (SSSR count). The van der Waals surface area contributed by atoms with Crippen molar-refractivity contribution in [2.45, 2.75) is 19.0 Å². The van der Waals surface area contributed by atoms with E-state index in [1.807, 2.05) is 30.3 Å². The summed E-state index contributed by atoms with van der Waals surface area (Å²) in [4.78, 5) is 25.5. The number of nitrogens with zero attached hydrogens (tertiary/aromatic N) is 5. The molecule has 0 bridgehead atoms. The first-order valence-corrected chi connectivity index (χ1v) is 8.03. The second-order valence-corrected chi connectivity index (χ2v) is 6.14. The SMILES string of the molecule is CN1CC(n2cnc3c(NCc4ccccc4)nc(F)nc32)CC1=O. The number of aromatic nitrogens is 4. The zero-order chi connectivity index (χ0) is 17.4. The fraction of sp³-hybridized carbons (Fsp3) is 0.294. The Morgan fingerprint density at radius 1 is 1.28 bits per heavy atom. The van der Waals surface area contributed by atoms with Gasteiger partial charge in [0.25, 0.3) is 0 Å². The molecule has 7 nitrogen and oxygen atoms in total. The quantitative estimate of drug-likeness (QED) is 0.735. The molecule has 0 spiro atoms. The first-order chi connectivity index (χ1) is 12.1. The molecule has 0 aliphatic carbocycles. The van der Waals surface area contributed by atoms with Gasteiger partial charge in [0.05, 0.1) is 12.4 Å². The number of fused-ring (bicyclic) bond motifs is 1. The number of carbonyl (C=O) groups is 1. The van der Waals surface area contributed by atoms with E-state index in [2.05, 4.69) is 20.3 Å². The number of imidazole rings is 1. The van der Waals surface area contributed by atoms with Gasteiger partial charge in [-0.1, -0.05) is 30.3 Å². The highest BCUT2D eigenvalue weighted by molar-refractivity contribution is 5.84. The molecule has 3 heterocycles. The summed E-state index contributed by atoms with van der Waals surface area (Å²) >= 11 is 0. The largest absolute Gasteiger partial charge is 0.364 e. The molecule has 0 radical (unpaired) electrons. The van der Waals surface area contributed by atoms with Crippen LogP contribution in [0.1, 0.15) is 18.0 Å². The van der Waals surface area contributed by atoms with E-state index in [4.69, 9.17) is 0 Å². The van der Waals surface area contributed by atoms with E-state index >= 15 is 0 Å². The molecule has 1 amide bonds. The van der Waals surface area contributed by atoms with E-state index in [9.17, 15) is 9.18 Å². The van der Waals surface area contributed by atoms with E-state index in [1.54, 1.807) is 22.8 Å². The van der Waals surface area contributed by atoms with Crippen molar-refractivity contribution in [3.8, 4) is 0 Å². The zero-order valence-electron chi connectivity index (χ0n) is 13.7. The molecular formula is C17H17FN6O. The van der Waals surface area contributed by atoms with E-state index in [-0.39, 0.29) is 11.9 Å². The minimum Gasteiger partial charge on any atom is -0.364 e. The average Bonchev–Trinajstić information content (AvgIpc) is 3.17. The van der Waals surface area contributed by atoms with Crippen molar-refractivity contribution in [2.75, 3.05) is 18.9 Å². The maximum absolute atomic E-state index is 13.9. The van der Waals surface area contributed by atoms with Crippen LogP contribution >= 0.6 is 0 Å². The number of likely N-dealkylation sites (N-methyl/N-ethyl adjacent to an activating group) is 1. The summed E-state index contributed by atoms with van der Waals surface area (Å²) in [6.45, 7) is 1.06. The molecule has 1 saturated heterocycles. The number of amides is 1. The molecule has 8 heteroatoms. The van der Waals surface area contributed by atoms with E-state index in [0.717, 1.165) is 5.56 Å². The van der Waals surface area contributed by atoms with Crippen molar-refractivity contribution in [1.29, 1.82) is 0 Å². The van der Waals surface area contributed by atoms with Crippen LogP contribution in [0.4, 0.5) is 10.2 Å². The molecule has 1 unspecified atom stereocenters. The second kappa shape index (κ2) is 6.12. The van der Waals surface area contributed by atoms with Crippen molar-refractivity contribution in [3.63, 3.8) is 0 Å². The summed E-state index contributed by atoms with van der Waals surface area (Å²) in [6.07, 6.45) is 1.15. The Morgan fingerprint density at radius 2 is 2.08 bits per heavy atom. The van der Waals surface area contributed by atoms with Gasteiger partial charge in [0, 0.05) is 26.6 Å². The fourth-order valence-electron chi connectivity index (χ4n) is 3.09. The maximum Gasteiger partial charge on any atom is 0.312 e. The fourth-order valence-corrected chi connectivity index (χ4v) is 3.09. The predicted molar refractivity (Wildman–Crippen MR) is 90.3 cm³/mol. The molecule has 1 aliphatic rings. The van der Waals surface area contributed by atoms with Gasteiger partial charge in [-0.25, -0.2) is 4.98 Å². The standard InChI is InChI=1S/C17H17FN6O/c1-23-9-12(7-13(23)25)24-10-20-14-15(21-17(18)22-16(14)24)19-8-11-5-3-2-4-6-11/h2-6,10,12H,7-9H2,1H3,(H,19,21,22). The van der Waals surface area contributed by atoms with Crippen LogP contribution < -0.4 is 5.32 Å². The first kappa shape index (κ1) is 15.5. The topological polar surface area (TPSA) is 75.9 Å². The number of hydrogen-bond donors (Lipinski definition) is 1. The summed E-state index contributed by atoms with van der Waals surface area (Å²) < 4.78 is 15.7. The summed E-state index contributed by atoms with van der Waals surface area (Å²) in [5.74, 6) is 0.409. The van der Waals surface area contributed by atoms with Gasteiger partial charge in [-0.15, -0.1) is 0 Å². The van der Waals surface area contributed by atoms with Crippen LogP contribution in [0.25, 0.3) is 11.2 Å². The van der Waals surface area contributed by atoms with Crippen LogP contribution in [-0.2, 0) is 11.3 Å². The minimum absolute atomic E-state index is 0.0591. The molecule has 1 aliphatic heterocycles. The molecule has 1 aromatic carbocycles. The summed E-state index contributed by atoms with van der Waals surface area (Å²) in [6, 6.07) is 9.66. The monoisotopic (exact) mass is 340 g/mol. The van der Waals surface area contributed by atoms with Gasteiger partial charge >= 0.3 is 6.08 Å². The van der Waals surface area contributed by atoms with E-state index in [0.29, 0.717) is 36.5 Å². The lowest BCUT2D eigenvalue weighted by Crippen LogP contribution is -2.19. The van der Waals surface area contributed by atoms with Crippen LogP contribution in [-0.4, -0.2) is 43.9 Å². The zero-order valence-corrected chi connectivity index (χ0v) is 13.7. The Bertz CT molecular complexity index is 926. The highest BCUT2D eigenvalue weighted by Crippen LogP contribution is 2.27. The molecule has 2 aromatic heterocycles. The number of hydrogen-bond acceptors (Lipinski definition) is 5. The lowest BCUT2D eigenvalue weighted by atomic mass is 10.2. The second-order valence-electron chi connectivity index (χ2n) is 6.14. The number of halogens is 1. The van der Waals surface area contributed by atoms with Gasteiger partial charge in [-0.2, -0.15) is 14.4 Å². The van der Waals surface area contributed by atoms with Crippen molar-refractivity contribution in [1.82, 2.24) is 24.4 Å². The third kappa shape index (κ3) is 2.90. The Kier molecular flexibility index (Phi) is 3.79. The van der Waals surface area contributed by atoms with Crippen molar-refractivity contribution >= 4 is 22.9 Å². The van der Waals surface area contributed by atoms with Crippen LogP contribution in [0.5, 0.6) is 0 Å². The van der Waals surface area contributed by atoms with E-state index in [1.165, 1.54) is 0 Å². The molecule has 1 N–H and O–H groups in total. The van der Waals surface area contributed by atoms with Crippen molar-refractivity contribution < 1.29 is 9.18 Å². The summed E-state index contributed by atoms with van der Waals surface area (Å²) in [5.41, 5.74) is 1.95. The average molecular weight is 340 g/mol. The minimum atomic E-state index is -0.817. The number of likely N-dealkylation sites (tertiary alicyclic amines) is 1. The smallest absolute Gasteiger partial charge is 0.312 e. The number of nitrogens with one attached hydrogen (secondary N) is 1. The highest BCUT2D eigenvalue weighted by atomic mass is 19.1. The van der Waals surface area contributed by atoms with Crippen LogP contribution in [0.15, 0.2) is 36.7 Å². The van der Waals surface area contributed by atoms with Gasteiger partial charge in [-0.05, 0) is 5.56 Å². The summed E-state index contributed by atoms with van der Waals surface area (Å²) in [5, 5.41) is 3.12. The number of benzene rings is 1. The first-order valence-electron chi connectivity index (χ1n) is 8.03.